The van der Waals surface area contributed by atoms with Gasteiger partial charge in [-0.05, 0) is 6.42 Å². The molecule has 1 N–H and O–H groups in total. The summed E-state index contributed by atoms with van der Waals surface area (Å²) in [6, 6.07) is 0. The molecule has 2 heterocycles. The highest BCUT2D eigenvalue weighted by Gasteiger charge is 2.29. The van der Waals surface area contributed by atoms with Crippen molar-refractivity contribution in [3.05, 3.63) is 28.5 Å². The van der Waals surface area contributed by atoms with E-state index in [9.17, 15) is 14.4 Å². The van der Waals surface area contributed by atoms with Crippen molar-refractivity contribution < 1.29 is 9.59 Å². The molecular weight excluding hydrogens is 212 g/mol. The zero-order chi connectivity index (χ0) is 11.7. The van der Waals surface area contributed by atoms with E-state index in [0.29, 0.717) is 12.2 Å². The van der Waals surface area contributed by atoms with Crippen molar-refractivity contribution in [1.82, 2.24) is 14.9 Å². The van der Waals surface area contributed by atoms with Gasteiger partial charge in [0.15, 0.2) is 5.82 Å². The largest absolute Gasteiger partial charge is 0.363 e. The number of nitrogens with one attached hydrogen (secondary N) is 1. The summed E-state index contributed by atoms with van der Waals surface area (Å²) in [6.45, 7) is 1.91. The molecule has 1 aliphatic rings. The second-order valence-electron chi connectivity index (χ2n) is 3.33. The van der Waals surface area contributed by atoms with Crippen LogP contribution in [-0.2, 0) is 16.0 Å². The minimum absolute atomic E-state index is 0.373. The van der Waals surface area contributed by atoms with Crippen LogP contribution in [0.3, 0.4) is 0 Å². The molecule has 0 bridgehead atoms. The predicted octanol–water partition coefficient (Wildman–Crippen LogP) is -0.915. The third-order valence-corrected chi connectivity index (χ3v) is 2.18. The Labute approximate surface area is 90.3 Å². The molecule has 7 heteroatoms. The zero-order valence-corrected chi connectivity index (χ0v) is 8.64. The maximum absolute atomic E-state index is 11.5. The fraction of sp³-hybridized carbons (Fsp3) is 0.333. The van der Waals surface area contributed by atoms with E-state index in [1.54, 1.807) is 0 Å². The first-order valence-corrected chi connectivity index (χ1v) is 4.88. The fourth-order valence-corrected chi connectivity index (χ4v) is 1.51. The number of nitrogens with zero attached hydrogens (tertiary/aromatic N) is 3. The number of H-pyrrole nitrogens is 1. The van der Waals surface area contributed by atoms with Gasteiger partial charge in [-0.3, -0.25) is 9.59 Å². The van der Waals surface area contributed by atoms with Gasteiger partial charge >= 0.3 is 5.69 Å². The van der Waals surface area contributed by atoms with Crippen molar-refractivity contribution in [2.45, 2.75) is 19.8 Å². The lowest BCUT2D eigenvalue weighted by Gasteiger charge is -2.14. The molecular formula is C9H10N4O3. The lowest BCUT2D eigenvalue weighted by atomic mass is 10.3. The summed E-state index contributed by atoms with van der Waals surface area (Å²) in [7, 11) is 0. The van der Waals surface area contributed by atoms with Crippen molar-refractivity contribution >= 4 is 11.8 Å². The second-order valence-corrected chi connectivity index (χ2v) is 3.33. The minimum atomic E-state index is -0.589. The molecule has 0 fully saturated rings. The van der Waals surface area contributed by atoms with E-state index in [1.807, 2.05) is 6.92 Å². The summed E-state index contributed by atoms with van der Waals surface area (Å²) in [5, 5.41) is 6.77. The third-order valence-electron chi connectivity index (χ3n) is 2.18. The van der Waals surface area contributed by atoms with Crippen LogP contribution in [0.25, 0.3) is 0 Å². The average molecular weight is 222 g/mol. The molecule has 2 rings (SSSR count). The highest BCUT2D eigenvalue weighted by atomic mass is 16.2. The normalized spacial score (nSPS) is 15.2. The van der Waals surface area contributed by atoms with Crippen LogP contribution in [-0.4, -0.2) is 26.7 Å². The standard InChI is InChI=1S/C9H10N4O3/c1-2-3-6-10-11-9(16)12(6)13-7(14)4-5-8(13)15/h4-5H,2-3H2,1H3,(H,11,16). The second kappa shape index (κ2) is 3.76. The first kappa shape index (κ1) is 10.3. The minimum Gasteiger partial charge on any atom is -0.267 e. The van der Waals surface area contributed by atoms with Crippen molar-refractivity contribution in [2.75, 3.05) is 5.01 Å². The number of imide groups is 1. The van der Waals surface area contributed by atoms with Crippen LogP contribution in [0.4, 0.5) is 0 Å². The number of hydrogen-bond acceptors (Lipinski definition) is 4. The van der Waals surface area contributed by atoms with Crippen LogP contribution in [0.2, 0.25) is 0 Å². The van der Waals surface area contributed by atoms with Gasteiger partial charge in [-0.25, -0.2) is 9.89 Å². The van der Waals surface area contributed by atoms with Crippen LogP contribution < -0.4 is 10.7 Å². The van der Waals surface area contributed by atoms with Gasteiger partial charge in [0.1, 0.15) is 0 Å². The first-order valence-electron chi connectivity index (χ1n) is 4.88. The number of aromatic amines is 1. The third kappa shape index (κ3) is 1.46. The number of amides is 2. The average Bonchev–Trinajstić information content (AvgIpc) is 2.74. The maximum atomic E-state index is 11.5. The molecule has 0 aliphatic carbocycles. The molecule has 84 valence electrons. The Morgan fingerprint density at radius 1 is 1.25 bits per heavy atom. The molecule has 0 spiro atoms. The van der Waals surface area contributed by atoms with Gasteiger partial charge in [0.25, 0.3) is 11.8 Å². The maximum Gasteiger partial charge on any atom is 0.363 e. The zero-order valence-electron chi connectivity index (χ0n) is 8.64. The van der Waals surface area contributed by atoms with E-state index in [2.05, 4.69) is 10.2 Å². The topological polar surface area (TPSA) is 88.1 Å². The highest BCUT2D eigenvalue weighted by molar-refractivity contribution is 6.23. The molecule has 16 heavy (non-hydrogen) atoms. The quantitative estimate of drug-likeness (QED) is 0.670. The Balaban J connectivity index is 2.47. The Kier molecular flexibility index (Phi) is 2.43. The van der Waals surface area contributed by atoms with Crippen molar-refractivity contribution in [3.63, 3.8) is 0 Å². The number of rotatable bonds is 3. The van der Waals surface area contributed by atoms with Gasteiger partial charge in [0, 0.05) is 18.6 Å². The smallest absolute Gasteiger partial charge is 0.267 e. The van der Waals surface area contributed by atoms with E-state index in [4.69, 9.17) is 0 Å². The number of carbonyl (C=O) groups is 2. The van der Waals surface area contributed by atoms with Gasteiger partial charge in [0.2, 0.25) is 0 Å². The predicted molar refractivity (Wildman–Crippen MR) is 54.2 cm³/mol. The first-order chi connectivity index (χ1) is 7.65. The van der Waals surface area contributed by atoms with Crippen LogP contribution in [0, 0.1) is 0 Å². The molecule has 1 aromatic rings. The monoisotopic (exact) mass is 222 g/mol. The summed E-state index contributed by atoms with van der Waals surface area (Å²) in [5.41, 5.74) is -0.589. The number of aryl methyl sites for hydroxylation is 1. The Morgan fingerprint density at radius 2 is 1.88 bits per heavy atom. The van der Waals surface area contributed by atoms with Gasteiger partial charge in [-0.1, -0.05) is 6.92 Å². The van der Waals surface area contributed by atoms with Gasteiger partial charge in [0.05, 0.1) is 0 Å². The van der Waals surface area contributed by atoms with Crippen molar-refractivity contribution in [2.24, 2.45) is 0 Å². The summed E-state index contributed by atoms with van der Waals surface area (Å²) >= 11 is 0. The van der Waals surface area contributed by atoms with Crippen LogP contribution in [0.1, 0.15) is 19.2 Å². The Bertz CT molecular complexity index is 507. The van der Waals surface area contributed by atoms with E-state index in [1.165, 1.54) is 0 Å². The number of carbonyl (C=O) groups excluding carboxylic acids is 2. The van der Waals surface area contributed by atoms with Crippen LogP contribution >= 0.6 is 0 Å². The number of aromatic nitrogens is 3. The summed E-state index contributed by atoms with van der Waals surface area (Å²) in [5.74, 6) is -0.699. The summed E-state index contributed by atoms with van der Waals surface area (Å²) in [6.07, 6.45) is 3.51. The van der Waals surface area contributed by atoms with Crippen LogP contribution in [0.5, 0.6) is 0 Å². The van der Waals surface area contributed by atoms with E-state index < -0.39 is 17.5 Å². The Hall–Kier alpha value is -2.18. The number of hydrogen-bond donors (Lipinski definition) is 1. The van der Waals surface area contributed by atoms with E-state index >= 15 is 0 Å². The Morgan fingerprint density at radius 3 is 2.44 bits per heavy atom. The molecule has 0 atom stereocenters. The van der Waals surface area contributed by atoms with Crippen molar-refractivity contribution in [1.29, 1.82) is 0 Å². The molecule has 0 saturated heterocycles. The van der Waals surface area contributed by atoms with Crippen molar-refractivity contribution in [3.8, 4) is 0 Å². The van der Waals surface area contributed by atoms with E-state index in [-0.39, 0.29) is 0 Å². The fourth-order valence-electron chi connectivity index (χ4n) is 1.51. The molecule has 0 radical (unpaired) electrons. The van der Waals surface area contributed by atoms with Crippen LogP contribution in [0.15, 0.2) is 16.9 Å². The highest BCUT2D eigenvalue weighted by Crippen LogP contribution is 2.04. The molecule has 1 aliphatic heterocycles. The lowest BCUT2D eigenvalue weighted by Crippen LogP contribution is -2.46. The molecule has 0 aromatic carbocycles. The van der Waals surface area contributed by atoms with Gasteiger partial charge in [-0.2, -0.15) is 14.8 Å². The summed E-state index contributed by atoms with van der Waals surface area (Å²) in [4.78, 5) is 34.3. The molecule has 2 amide bonds. The SMILES string of the molecule is CCCc1n[nH]c(=O)n1N1C(=O)C=CC1=O. The van der Waals surface area contributed by atoms with Gasteiger partial charge in [-0.15, -0.1) is 0 Å². The molecule has 0 unspecified atom stereocenters. The lowest BCUT2D eigenvalue weighted by molar-refractivity contribution is -0.122. The molecule has 7 nitrogen and oxygen atoms in total. The van der Waals surface area contributed by atoms with E-state index in [0.717, 1.165) is 28.3 Å². The molecule has 1 aromatic heterocycles. The van der Waals surface area contributed by atoms with Gasteiger partial charge < -0.3 is 0 Å². The summed E-state index contributed by atoms with van der Waals surface area (Å²) < 4.78 is 0.980. The molecule has 0 saturated carbocycles.